The summed E-state index contributed by atoms with van der Waals surface area (Å²) in [6.45, 7) is 6.27. The van der Waals surface area contributed by atoms with Crippen LogP contribution in [0.3, 0.4) is 0 Å². The second kappa shape index (κ2) is 11.5. The van der Waals surface area contributed by atoms with Crippen molar-refractivity contribution in [2.45, 2.75) is 31.8 Å². The number of nitrogens with zero attached hydrogens (tertiary/aromatic N) is 2. The molecule has 7 heteroatoms. The average molecular weight is 497 g/mol. The molecule has 0 aliphatic carbocycles. The minimum absolute atomic E-state index is 0.0798. The smallest absolute Gasteiger partial charge is 0.251 e. The molecule has 3 aromatic rings. The van der Waals surface area contributed by atoms with Crippen molar-refractivity contribution in [3.8, 4) is 0 Å². The molecule has 37 heavy (non-hydrogen) atoms. The molecule has 0 radical (unpaired) electrons. The number of carbonyl (C=O) groups is 2. The molecular weight excluding hydrogens is 464 g/mol. The summed E-state index contributed by atoms with van der Waals surface area (Å²) >= 11 is 0. The van der Waals surface area contributed by atoms with Crippen molar-refractivity contribution in [1.29, 1.82) is 0 Å². The van der Waals surface area contributed by atoms with Crippen LogP contribution in [0.4, 0.5) is 11.4 Å². The number of amides is 2. The van der Waals surface area contributed by atoms with Crippen molar-refractivity contribution >= 4 is 29.4 Å². The van der Waals surface area contributed by atoms with Crippen molar-refractivity contribution in [1.82, 2.24) is 10.2 Å². The predicted molar refractivity (Wildman–Crippen MR) is 145 cm³/mol. The van der Waals surface area contributed by atoms with Crippen molar-refractivity contribution in [3.63, 3.8) is 0 Å². The number of morpholine rings is 1. The Hall–Kier alpha value is -3.81. The number of aliphatic imine (C=N–C) groups is 1. The van der Waals surface area contributed by atoms with Gasteiger partial charge in [-0.3, -0.25) is 19.5 Å². The number of fused-ring (bicyclic) bond motifs is 1. The number of nitrogens with one attached hydrogen (secondary N) is 2. The third-order valence-electron chi connectivity index (χ3n) is 6.90. The lowest BCUT2D eigenvalue weighted by molar-refractivity contribution is -0.115. The van der Waals surface area contributed by atoms with E-state index in [4.69, 9.17) is 4.74 Å². The second-order valence-electron chi connectivity index (χ2n) is 9.45. The molecule has 1 fully saturated rings. The predicted octanol–water partition coefficient (Wildman–Crippen LogP) is 4.84. The summed E-state index contributed by atoms with van der Waals surface area (Å²) in [5.41, 5.74) is 5.05. The van der Waals surface area contributed by atoms with E-state index in [-0.39, 0.29) is 17.9 Å². The summed E-state index contributed by atoms with van der Waals surface area (Å²) in [4.78, 5) is 32.8. The Balaban J connectivity index is 1.30. The van der Waals surface area contributed by atoms with Crippen molar-refractivity contribution in [2.24, 2.45) is 4.99 Å². The van der Waals surface area contributed by atoms with Crippen LogP contribution in [-0.2, 0) is 16.1 Å². The van der Waals surface area contributed by atoms with Crippen LogP contribution in [-0.4, -0.2) is 49.2 Å². The SMILES string of the molecule is CCC(NC(=O)c1ccc2c(c1)C(C=Nc1cccc(CN3CCOCC3)c1)C(=O)N2)c1ccccc1. The Morgan fingerprint density at radius 2 is 1.92 bits per heavy atom. The Bertz CT molecular complexity index is 1280. The van der Waals surface area contributed by atoms with Crippen LogP contribution in [0.2, 0.25) is 0 Å². The topological polar surface area (TPSA) is 83.0 Å². The summed E-state index contributed by atoms with van der Waals surface area (Å²) < 4.78 is 5.44. The quantitative estimate of drug-likeness (QED) is 0.437. The number of ether oxygens (including phenoxy) is 1. The summed E-state index contributed by atoms with van der Waals surface area (Å²) in [7, 11) is 0. The van der Waals surface area contributed by atoms with Gasteiger partial charge in [0.1, 0.15) is 5.92 Å². The zero-order chi connectivity index (χ0) is 25.6. The third-order valence-corrected chi connectivity index (χ3v) is 6.90. The fourth-order valence-electron chi connectivity index (χ4n) is 4.84. The molecule has 0 bridgehead atoms. The maximum Gasteiger partial charge on any atom is 0.251 e. The van der Waals surface area contributed by atoms with Gasteiger partial charge in [-0.2, -0.15) is 0 Å². The number of rotatable bonds is 8. The minimum Gasteiger partial charge on any atom is -0.379 e. The van der Waals surface area contributed by atoms with Gasteiger partial charge in [0, 0.05) is 37.1 Å². The second-order valence-corrected chi connectivity index (χ2v) is 9.45. The summed E-state index contributed by atoms with van der Waals surface area (Å²) in [5.74, 6) is -0.859. The molecule has 5 rings (SSSR count). The Morgan fingerprint density at radius 3 is 2.70 bits per heavy atom. The van der Waals surface area contributed by atoms with Gasteiger partial charge in [0.2, 0.25) is 5.91 Å². The maximum atomic E-state index is 13.1. The van der Waals surface area contributed by atoms with Crippen molar-refractivity contribution in [2.75, 3.05) is 31.6 Å². The molecule has 190 valence electrons. The first-order chi connectivity index (χ1) is 18.1. The van der Waals surface area contributed by atoms with E-state index in [1.165, 1.54) is 5.56 Å². The molecular formula is C30H32N4O3. The molecule has 0 spiro atoms. The molecule has 3 aromatic carbocycles. The molecule has 0 aromatic heterocycles. The van der Waals surface area contributed by atoms with Gasteiger partial charge in [-0.1, -0.05) is 49.4 Å². The minimum atomic E-state index is -0.554. The first-order valence-corrected chi connectivity index (χ1v) is 12.8. The van der Waals surface area contributed by atoms with Gasteiger partial charge < -0.3 is 15.4 Å². The summed E-state index contributed by atoms with van der Waals surface area (Å²) in [6.07, 6.45) is 2.45. The molecule has 1 saturated heterocycles. The number of hydrogen-bond donors (Lipinski definition) is 2. The Labute approximate surface area is 217 Å². The standard InChI is InChI=1S/C30H32N4O3/c1-2-27(22-8-4-3-5-9-22)32-29(35)23-11-12-28-25(18-23)26(30(36)33-28)19-31-24-10-6-7-21(17-24)20-34-13-15-37-16-14-34/h3-12,17-19,26-27H,2,13-16,20H2,1H3,(H,32,35)(H,33,36). The molecule has 2 N–H and O–H groups in total. The number of carbonyl (C=O) groups excluding carboxylic acids is 2. The summed E-state index contributed by atoms with van der Waals surface area (Å²) in [6, 6.07) is 23.3. The van der Waals surface area contributed by atoms with E-state index in [1.807, 2.05) is 49.4 Å². The zero-order valence-electron chi connectivity index (χ0n) is 21.0. The van der Waals surface area contributed by atoms with Gasteiger partial charge in [-0.15, -0.1) is 0 Å². The van der Waals surface area contributed by atoms with Gasteiger partial charge in [-0.05, 0) is 53.4 Å². The van der Waals surface area contributed by atoms with E-state index >= 15 is 0 Å². The molecule has 7 nitrogen and oxygen atoms in total. The van der Waals surface area contributed by atoms with E-state index in [2.05, 4.69) is 32.7 Å². The molecule has 2 amide bonds. The van der Waals surface area contributed by atoms with E-state index in [1.54, 1.807) is 24.4 Å². The molecule has 0 saturated carbocycles. The normalized spacial score (nSPS) is 18.4. The van der Waals surface area contributed by atoms with Gasteiger partial charge >= 0.3 is 0 Å². The highest BCUT2D eigenvalue weighted by Crippen LogP contribution is 2.33. The maximum absolute atomic E-state index is 13.1. The fraction of sp³-hybridized carbons (Fsp3) is 0.300. The highest BCUT2D eigenvalue weighted by atomic mass is 16.5. The average Bonchev–Trinajstić information content (AvgIpc) is 3.25. The first kappa shape index (κ1) is 24.9. The molecule has 2 aliphatic rings. The van der Waals surface area contributed by atoms with Crippen molar-refractivity contribution in [3.05, 3.63) is 95.1 Å². The lowest BCUT2D eigenvalue weighted by atomic mass is 9.98. The van der Waals surface area contributed by atoms with Crippen LogP contribution in [0.1, 0.15) is 52.4 Å². The van der Waals surface area contributed by atoms with Crippen LogP contribution < -0.4 is 10.6 Å². The monoisotopic (exact) mass is 496 g/mol. The third kappa shape index (κ3) is 5.96. The van der Waals surface area contributed by atoms with Gasteiger partial charge in [0.05, 0.1) is 24.9 Å². The van der Waals surface area contributed by atoms with Crippen LogP contribution in [0.15, 0.2) is 77.8 Å². The Kier molecular flexibility index (Phi) is 7.73. The number of anilines is 1. The molecule has 2 heterocycles. The highest BCUT2D eigenvalue weighted by molar-refractivity contribution is 6.13. The Morgan fingerprint density at radius 1 is 1.11 bits per heavy atom. The lowest BCUT2D eigenvalue weighted by Gasteiger charge is -2.26. The lowest BCUT2D eigenvalue weighted by Crippen LogP contribution is -2.35. The van der Waals surface area contributed by atoms with Crippen LogP contribution in [0.25, 0.3) is 0 Å². The van der Waals surface area contributed by atoms with Gasteiger partial charge in [0.15, 0.2) is 0 Å². The first-order valence-electron chi connectivity index (χ1n) is 12.8. The number of benzene rings is 3. The highest BCUT2D eigenvalue weighted by Gasteiger charge is 2.30. The zero-order valence-corrected chi connectivity index (χ0v) is 21.0. The molecule has 2 atom stereocenters. The fourth-order valence-corrected chi connectivity index (χ4v) is 4.84. The van der Waals surface area contributed by atoms with Crippen molar-refractivity contribution < 1.29 is 14.3 Å². The van der Waals surface area contributed by atoms with E-state index < -0.39 is 5.92 Å². The molecule has 2 unspecified atom stereocenters. The van der Waals surface area contributed by atoms with Crippen LogP contribution >= 0.6 is 0 Å². The van der Waals surface area contributed by atoms with E-state index in [0.29, 0.717) is 11.3 Å². The molecule has 2 aliphatic heterocycles. The van der Waals surface area contributed by atoms with E-state index in [0.717, 1.165) is 56.1 Å². The van der Waals surface area contributed by atoms with Gasteiger partial charge in [-0.25, -0.2) is 0 Å². The van der Waals surface area contributed by atoms with Crippen LogP contribution in [0.5, 0.6) is 0 Å². The van der Waals surface area contributed by atoms with Gasteiger partial charge in [0.25, 0.3) is 5.91 Å². The largest absolute Gasteiger partial charge is 0.379 e. The van der Waals surface area contributed by atoms with E-state index in [9.17, 15) is 9.59 Å². The summed E-state index contributed by atoms with van der Waals surface area (Å²) in [5, 5.41) is 6.04. The number of hydrogen-bond acceptors (Lipinski definition) is 5. The van der Waals surface area contributed by atoms with Crippen LogP contribution in [0, 0.1) is 0 Å².